The molecule has 0 aromatic heterocycles. The van der Waals surface area contributed by atoms with Gasteiger partial charge in [0.15, 0.2) is 0 Å². The van der Waals surface area contributed by atoms with Crippen LogP contribution in [-0.2, 0) is 17.4 Å². The van der Waals surface area contributed by atoms with E-state index in [0.29, 0.717) is 6.54 Å². The molecule has 2 nitrogen and oxygen atoms in total. The molecule has 0 saturated carbocycles. The van der Waals surface area contributed by atoms with Gasteiger partial charge in [0.2, 0.25) is 0 Å². The first kappa shape index (κ1) is 18.5. The van der Waals surface area contributed by atoms with E-state index in [-0.39, 0.29) is 10.8 Å². The molecule has 1 aromatic rings. The van der Waals surface area contributed by atoms with E-state index in [4.69, 9.17) is 0 Å². The average Bonchev–Trinajstić information content (AvgIpc) is 2.46. The summed E-state index contributed by atoms with van der Waals surface area (Å²) < 4.78 is 0. The lowest BCUT2D eigenvalue weighted by molar-refractivity contribution is -0.100. The van der Waals surface area contributed by atoms with Crippen LogP contribution < -0.4 is 0 Å². The molecule has 0 atom stereocenters. The number of aryl methyl sites for hydroxylation is 1. The van der Waals surface area contributed by atoms with Gasteiger partial charge in [-0.1, -0.05) is 59.6 Å². The summed E-state index contributed by atoms with van der Waals surface area (Å²) in [6.07, 6.45) is 5.91. The molecule has 0 heterocycles. The Balaban J connectivity index is 2.26. The summed E-state index contributed by atoms with van der Waals surface area (Å²) in [5.41, 5.74) is 6.06. The molecule has 1 aliphatic carbocycles. The molecule has 1 aliphatic rings. The van der Waals surface area contributed by atoms with Crippen molar-refractivity contribution < 1.29 is 5.21 Å². The summed E-state index contributed by atoms with van der Waals surface area (Å²) in [5, 5.41) is 11.7. The number of hydrogen-bond donors (Lipinski definition) is 1. The monoisotopic (exact) mass is 317 g/mol. The second-order valence-corrected chi connectivity index (χ2v) is 8.69. The van der Waals surface area contributed by atoms with Crippen LogP contribution in [0, 0.1) is 6.92 Å². The molecule has 1 N–H and O–H groups in total. The highest BCUT2D eigenvalue weighted by atomic mass is 16.5. The summed E-state index contributed by atoms with van der Waals surface area (Å²) in [5.74, 6) is 0. The number of rotatable bonds is 6. The van der Waals surface area contributed by atoms with E-state index >= 15 is 0 Å². The van der Waals surface area contributed by atoms with Crippen molar-refractivity contribution in [3.63, 3.8) is 0 Å². The van der Waals surface area contributed by atoms with E-state index in [1.54, 1.807) is 0 Å². The van der Waals surface area contributed by atoms with Gasteiger partial charge in [0.1, 0.15) is 0 Å². The fourth-order valence-corrected chi connectivity index (χ4v) is 3.76. The van der Waals surface area contributed by atoms with Crippen LogP contribution in [0.4, 0.5) is 0 Å². The third-order valence-corrected chi connectivity index (χ3v) is 5.68. The molecule has 1 aromatic carbocycles. The second kappa shape index (κ2) is 6.94. The molecule has 23 heavy (non-hydrogen) atoms. The van der Waals surface area contributed by atoms with Crippen LogP contribution in [0.5, 0.6) is 0 Å². The Morgan fingerprint density at radius 3 is 2.13 bits per heavy atom. The Kier molecular flexibility index (Phi) is 5.58. The van der Waals surface area contributed by atoms with Gasteiger partial charge < -0.3 is 5.21 Å². The summed E-state index contributed by atoms with van der Waals surface area (Å²) in [6, 6.07) is 4.75. The van der Waals surface area contributed by atoms with Gasteiger partial charge in [-0.15, -0.1) is 0 Å². The molecule has 2 heteroatoms. The van der Waals surface area contributed by atoms with E-state index in [1.165, 1.54) is 53.0 Å². The molecule has 0 aliphatic heterocycles. The molecule has 0 bridgehead atoms. The summed E-state index contributed by atoms with van der Waals surface area (Å²) in [7, 11) is 0. The minimum Gasteiger partial charge on any atom is -0.314 e. The van der Waals surface area contributed by atoms with E-state index < -0.39 is 0 Å². The van der Waals surface area contributed by atoms with E-state index in [0.717, 1.165) is 13.0 Å². The van der Waals surface area contributed by atoms with Gasteiger partial charge in [-0.25, -0.2) is 0 Å². The van der Waals surface area contributed by atoms with Gasteiger partial charge in [-0.05, 0) is 59.3 Å². The molecule has 130 valence electrons. The number of hydrogen-bond acceptors (Lipinski definition) is 2. The number of fused-ring (bicyclic) bond motifs is 1. The maximum atomic E-state index is 10.2. The SMILES string of the molecule is CCCCCN(O)Cc1cc2c(cc1C)C(C)(C)CCC2(C)C. The van der Waals surface area contributed by atoms with Crippen LogP contribution >= 0.6 is 0 Å². The van der Waals surface area contributed by atoms with Gasteiger partial charge in [0, 0.05) is 13.1 Å². The fourth-order valence-electron chi connectivity index (χ4n) is 3.76. The smallest absolute Gasteiger partial charge is 0.0491 e. The van der Waals surface area contributed by atoms with Crippen LogP contribution in [0.25, 0.3) is 0 Å². The molecule has 0 spiro atoms. The number of unbranched alkanes of at least 4 members (excludes halogenated alkanes) is 2. The van der Waals surface area contributed by atoms with Gasteiger partial charge >= 0.3 is 0 Å². The Hall–Kier alpha value is -0.860. The molecule has 0 unspecified atom stereocenters. The predicted molar refractivity (Wildman–Crippen MR) is 98.2 cm³/mol. The minimum atomic E-state index is 0.232. The van der Waals surface area contributed by atoms with Crippen molar-refractivity contribution in [1.29, 1.82) is 0 Å². The first-order valence-electron chi connectivity index (χ1n) is 9.25. The quantitative estimate of drug-likeness (QED) is 0.535. The summed E-state index contributed by atoms with van der Waals surface area (Å²) in [6.45, 7) is 15.2. The van der Waals surface area contributed by atoms with Crippen LogP contribution in [-0.4, -0.2) is 16.8 Å². The Bertz CT molecular complexity index is 545. The Morgan fingerprint density at radius 2 is 1.57 bits per heavy atom. The zero-order chi connectivity index (χ0) is 17.3. The van der Waals surface area contributed by atoms with Crippen molar-refractivity contribution in [3.05, 3.63) is 34.4 Å². The molecular weight excluding hydrogens is 282 g/mol. The number of hydroxylamine groups is 2. The van der Waals surface area contributed by atoms with Crippen molar-refractivity contribution in [2.24, 2.45) is 0 Å². The van der Waals surface area contributed by atoms with Gasteiger partial charge in [0.05, 0.1) is 0 Å². The topological polar surface area (TPSA) is 23.5 Å². The normalized spacial score (nSPS) is 19.0. The molecule has 0 saturated heterocycles. The lowest BCUT2D eigenvalue weighted by atomic mass is 9.62. The first-order chi connectivity index (χ1) is 10.7. The molecule has 0 fully saturated rings. The second-order valence-electron chi connectivity index (χ2n) is 8.69. The van der Waals surface area contributed by atoms with Crippen molar-refractivity contribution in [1.82, 2.24) is 5.06 Å². The van der Waals surface area contributed by atoms with Crippen molar-refractivity contribution in [2.75, 3.05) is 6.54 Å². The predicted octanol–water partition coefficient (Wildman–Crippen LogP) is 5.73. The van der Waals surface area contributed by atoms with Crippen molar-refractivity contribution in [2.45, 2.75) is 91.0 Å². The van der Waals surface area contributed by atoms with E-state index in [2.05, 4.69) is 53.7 Å². The lowest BCUT2D eigenvalue weighted by Gasteiger charge is -2.42. The van der Waals surface area contributed by atoms with Gasteiger partial charge in [-0.3, -0.25) is 0 Å². The highest BCUT2D eigenvalue weighted by Crippen LogP contribution is 2.46. The first-order valence-corrected chi connectivity index (χ1v) is 9.25. The van der Waals surface area contributed by atoms with Crippen molar-refractivity contribution >= 4 is 0 Å². The molecule has 2 rings (SSSR count). The zero-order valence-electron chi connectivity index (χ0n) is 16.0. The van der Waals surface area contributed by atoms with Crippen LogP contribution in [0.15, 0.2) is 12.1 Å². The zero-order valence-corrected chi connectivity index (χ0v) is 16.0. The largest absolute Gasteiger partial charge is 0.314 e. The summed E-state index contributed by atoms with van der Waals surface area (Å²) >= 11 is 0. The third kappa shape index (κ3) is 4.16. The fraction of sp³-hybridized carbons (Fsp3) is 0.714. The van der Waals surface area contributed by atoms with Crippen LogP contribution in [0.3, 0.4) is 0 Å². The van der Waals surface area contributed by atoms with Crippen molar-refractivity contribution in [3.8, 4) is 0 Å². The maximum Gasteiger partial charge on any atom is 0.0491 e. The highest BCUT2D eigenvalue weighted by Gasteiger charge is 2.37. The molecule has 0 amide bonds. The summed E-state index contributed by atoms with van der Waals surface area (Å²) in [4.78, 5) is 0. The molecular formula is C21H35NO. The molecule has 0 radical (unpaired) electrons. The van der Waals surface area contributed by atoms with E-state index in [9.17, 15) is 5.21 Å². The average molecular weight is 318 g/mol. The van der Waals surface area contributed by atoms with Crippen LogP contribution in [0.1, 0.15) is 89.0 Å². The maximum absolute atomic E-state index is 10.2. The van der Waals surface area contributed by atoms with Gasteiger partial charge in [-0.2, -0.15) is 5.06 Å². The Morgan fingerprint density at radius 1 is 1.00 bits per heavy atom. The van der Waals surface area contributed by atoms with Gasteiger partial charge in [0.25, 0.3) is 0 Å². The standard InChI is InChI=1S/C21H35NO/c1-7-8-9-12-22(23)15-17-14-19-18(13-16(17)2)20(3,4)10-11-21(19,5)6/h13-14,23H,7-12,15H2,1-6H3. The number of benzene rings is 1. The highest BCUT2D eigenvalue weighted by molar-refractivity contribution is 5.46. The third-order valence-electron chi connectivity index (χ3n) is 5.68. The van der Waals surface area contributed by atoms with E-state index in [1.807, 2.05) is 0 Å². The van der Waals surface area contributed by atoms with Crippen LogP contribution in [0.2, 0.25) is 0 Å². The minimum absolute atomic E-state index is 0.232. The number of nitrogens with zero attached hydrogens (tertiary/aromatic N) is 1. The Labute approximate surface area is 142 Å². The lowest BCUT2D eigenvalue weighted by Crippen LogP contribution is -2.34.